The van der Waals surface area contributed by atoms with E-state index in [2.05, 4.69) is 31.4 Å². The van der Waals surface area contributed by atoms with Gasteiger partial charge in [0.05, 0.1) is 13.2 Å². The van der Waals surface area contributed by atoms with Gasteiger partial charge in [0.15, 0.2) is 0 Å². The molecule has 0 heterocycles. The summed E-state index contributed by atoms with van der Waals surface area (Å²) in [6.45, 7) is 6.81. The molecule has 2 atom stereocenters. The molecule has 1 aliphatic rings. The first kappa shape index (κ1) is 16.4. The van der Waals surface area contributed by atoms with Crippen LogP contribution in [0.2, 0.25) is 0 Å². The van der Waals surface area contributed by atoms with Crippen molar-refractivity contribution in [1.29, 1.82) is 0 Å². The van der Waals surface area contributed by atoms with Gasteiger partial charge in [0.25, 0.3) is 0 Å². The molecule has 3 N–H and O–H groups in total. The Bertz CT molecular complexity index is 279. The third-order valence-electron chi connectivity index (χ3n) is 4.37. The lowest BCUT2D eigenvalue weighted by Gasteiger charge is -2.39. The van der Waals surface area contributed by atoms with Crippen molar-refractivity contribution in [3.05, 3.63) is 0 Å². The van der Waals surface area contributed by atoms with E-state index in [0.29, 0.717) is 12.5 Å². The molecule has 1 fully saturated rings. The molecule has 0 aromatic carbocycles. The summed E-state index contributed by atoms with van der Waals surface area (Å²) in [5.74, 6) is 0.662. The van der Waals surface area contributed by atoms with E-state index in [9.17, 15) is 9.90 Å². The van der Waals surface area contributed by atoms with E-state index >= 15 is 0 Å². The van der Waals surface area contributed by atoms with E-state index in [0.717, 1.165) is 32.1 Å². The molecule has 112 valence electrons. The first-order valence-electron chi connectivity index (χ1n) is 7.70. The van der Waals surface area contributed by atoms with Gasteiger partial charge in [0.2, 0.25) is 5.91 Å². The lowest BCUT2D eigenvalue weighted by Crippen LogP contribution is -2.54. The lowest BCUT2D eigenvalue weighted by molar-refractivity contribution is -0.121. The highest BCUT2D eigenvalue weighted by Crippen LogP contribution is 2.31. The Morgan fingerprint density at radius 2 is 2.11 bits per heavy atom. The van der Waals surface area contributed by atoms with Gasteiger partial charge < -0.3 is 15.7 Å². The van der Waals surface area contributed by atoms with Gasteiger partial charge >= 0.3 is 0 Å². The second-order valence-electron chi connectivity index (χ2n) is 6.07. The van der Waals surface area contributed by atoms with Gasteiger partial charge in [-0.2, -0.15) is 0 Å². The average molecular weight is 270 g/mol. The number of amides is 1. The predicted octanol–water partition coefficient (Wildman–Crippen LogP) is 1.82. The maximum Gasteiger partial charge on any atom is 0.234 e. The monoisotopic (exact) mass is 270 g/mol. The Kier molecular flexibility index (Phi) is 6.80. The first-order chi connectivity index (χ1) is 9.05. The van der Waals surface area contributed by atoms with Gasteiger partial charge in [-0.05, 0) is 31.6 Å². The third kappa shape index (κ3) is 5.11. The van der Waals surface area contributed by atoms with Gasteiger partial charge in [0, 0.05) is 11.6 Å². The number of nitrogens with one attached hydrogen (secondary N) is 2. The van der Waals surface area contributed by atoms with Gasteiger partial charge in [-0.1, -0.05) is 33.6 Å². The largest absolute Gasteiger partial charge is 0.394 e. The van der Waals surface area contributed by atoms with Gasteiger partial charge in [-0.25, -0.2) is 0 Å². The standard InChI is InChI=1S/C15H30N2O2/c1-4-13(5-2)17-14(19)10-16-15(11-18)8-6-7-12(3)9-15/h12-13,16,18H,4-11H2,1-3H3,(H,17,19). The smallest absolute Gasteiger partial charge is 0.234 e. The summed E-state index contributed by atoms with van der Waals surface area (Å²) >= 11 is 0. The van der Waals surface area contributed by atoms with Crippen LogP contribution in [0.5, 0.6) is 0 Å². The Hall–Kier alpha value is -0.610. The number of hydrogen-bond donors (Lipinski definition) is 3. The third-order valence-corrected chi connectivity index (χ3v) is 4.37. The molecule has 0 bridgehead atoms. The highest BCUT2D eigenvalue weighted by Gasteiger charge is 2.34. The highest BCUT2D eigenvalue weighted by molar-refractivity contribution is 5.78. The summed E-state index contributed by atoms with van der Waals surface area (Å²) in [5.41, 5.74) is -0.247. The van der Waals surface area contributed by atoms with Crippen LogP contribution in [0.3, 0.4) is 0 Å². The number of carbonyl (C=O) groups is 1. The zero-order valence-electron chi connectivity index (χ0n) is 12.7. The molecule has 0 saturated heterocycles. The topological polar surface area (TPSA) is 61.4 Å². The minimum atomic E-state index is -0.247. The average Bonchev–Trinajstić information content (AvgIpc) is 2.42. The number of aliphatic hydroxyl groups is 1. The summed E-state index contributed by atoms with van der Waals surface area (Å²) in [6, 6.07) is 0.268. The summed E-state index contributed by atoms with van der Waals surface area (Å²) < 4.78 is 0. The molecule has 1 amide bonds. The van der Waals surface area contributed by atoms with Crippen molar-refractivity contribution < 1.29 is 9.90 Å². The fourth-order valence-electron chi connectivity index (χ4n) is 3.06. The Morgan fingerprint density at radius 1 is 1.42 bits per heavy atom. The fraction of sp³-hybridized carbons (Fsp3) is 0.933. The van der Waals surface area contributed by atoms with Gasteiger partial charge in [-0.3, -0.25) is 4.79 Å². The Balaban J connectivity index is 2.42. The van der Waals surface area contributed by atoms with Crippen LogP contribution < -0.4 is 10.6 Å². The molecule has 4 heteroatoms. The van der Waals surface area contributed by atoms with Crippen LogP contribution in [0, 0.1) is 5.92 Å². The SMILES string of the molecule is CCC(CC)NC(=O)CNC1(CO)CCCC(C)C1. The Morgan fingerprint density at radius 3 is 2.63 bits per heavy atom. The van der Waals surface area contributed by atoms with Crippen LogP contribution >= 0.6 is 0 Å². The minimum Gasteiger partial charge on any atom is -0.394 e. The molecule has 0 aromatic heterocycles. The second kappa shape index (κ2) is 7.85. The second-order valence-corrected chi connectivity index (χ2v) is 6.07. The quantitative estimate of drug-likeness (QED) is 0.661. The van der Waals surface area contributed by atoms with Crippen molar-refractivity contribution in [2.75, 3.05) is 13.2 Å². The highest BCUT2D eigenvalue weighted by atomic mass is 16.3. The maximum atomic E-state index is 11.9. The van der Waals surface area contributed by atoms with Crippen molar-refractivity contribution in [1.82, 2.24) is 10.6 Å². The number of carbonyl (C=O) groups excluding carboxylic acids is 1. The normalized spacial score (nSPS) is 27.5. The summed E-state index contributed by atoms with van der Waals surface area (Å²) in [4.78, 5) is 11.9. The number of hydrogen-bond acceptors (Lipinski definition) is 3. The van der Waals surface area contributed by atoms with Gasteiger partial charge in [0.1, 0.15) is 0 Å². The van der Waals surface area contributed by atoms with E-state index in [4.69, 9.17) is 0 Å². The Labute approximate surface area is 117 Å². The van der Waals surface area contributed by atoms with Crippen molar-refractivity contribution in [2.45, 2.75) is 70.9 Å². The van der Waals surface area contributed by atoms with Crippen LogP contribution in [0.25, 0.3) is 0 Å². The summed E-state index contributed by atoms with van der Waals surface area (Å²) in [6.07, 6.45) is 6.20. The fourth-order valence-corrected chi connectivity index (χ4v) is 3.06. The van der Waals surface area contributed by atoms with Crippen molar-refractivity contribution in [2.24, 2.45) is 5.92 Å². The molecule has 1 rings (SSSR count). The molecule has 4 nitrogen and oxygen atoms in total. The summed E-state index contributed by atoms with van der Waals surface area (Å²) in [5, 5.41) is 16.0. The van der Waals surface area contributed by atoms with Crippen molar-refractivity contribution in [3.8, 4) is 0 Å². The van der Waals surface area contributed by atoms with E-state index in [1.54, 1.807) is 0 Å². The van der Waals surface area contributed by atoms with Crippen LogP contribution in [-0.4, -0.2) is 35.7 Å². The molecule has 1 aliphatic carbocycles. The minimum absolute atomic E-state index is 0.0414. The van der Waals surface area contributed by atoms with E-state index in [-0.39, 0.29) is 24.1 Å². The van der Waals surface area contributed by atoms with E-state index in [1.165, 1.54) is 6.42 Å². The van der Waals surface area contributed by atoms with E-state index in [1.807, 2.05) is 0 Å². The molecule has 0 aliphatic heterocycles. The van der Waals surface area contributed by atoms with Gasteiger partial charge in [-0.15, -0.1) is 0 Å². The van der Waals surface area contributed by atoms with Crippen molar-refractivity contribution >= 4 is 5.91 Å². The van der Waals surface area contributed by atoms with Crippen LogP contribution in [0.4, 0.5) is 0 Å². The molecular formula is C15H30N2O2. The molecule has 2 unspecified atom stereocenters. The predicted molar refractivity (Wildman–Crippen MR) is 78.0 cm³/mol. The first-order valence-corrected chi connectivity index (χ1v) is 7.70. The summed E-state index contributed by atoms with van der Waals surface area (Å²) in [7, 11) is 0. The lowest BCUT2D eigenvalue weighted by atomic mass is 9.77. The van der Waals surface area contributed by atoms with Crippen molar-refractivity contribution in [3.63, 3.8) is 0 Å². The maximum absolute atomic E-state index is 11.9. The van der Waals surface area contributed by atoms with E-state index < -0.39 is 0 Å². The number of rotatable bonds is 7. The number of aliphatic hydroxyl groups excluding tert-OH is 1. The van der Waals surface area contributed by atoms with Crippen LogP contribution in [0.1, 0.15) is 59.3 Å². The molecule has 0 spiro atoms. The van der Waals surface area contributed by atoms with Crippen LogP contribution in [0.15, 0.2) is 0 Å². The molecule has 0 radical (unpaired) electrons. The molecule has 0 aromatic rings. The van der Waals surface area contributed by atoms with Crippen LogP contribution in [-0.2, 0) is 4.79 Å². The molecule has 19 heavy (non-hydrogen) atoms. The zero-order valence-corrected chi connectivity index (χ0v) is 12.7. The molecule has 1 saturated carbocycles. The molecular weight excluding hydrogens is 240 g/mol. The zero-order chi connectivity index (χ0) is 14.3.